The monoisotopic (exact) mass is 405 g/mol. The highest BCUT2D eigenvalue weighted by Crippen LogP contribution is 2.25. The fourth-order valence-corrected chi connectivity index (χ4v) is 4.16. The molecule has 2 aromatic carbocycles. The Bertz CT molecular complexity index is 998. The van der Waals surface area contributed by atoms with E-state index < -0.39 is 6.04 Å². The number of carbonyl (C=O) groups is 4. The van der Waals surface area contributed by atoms with E-state index in [0.29, 0.717) is 30.5 Å². The van der Waals surface area contributed by atoms with Gasteiger partial charge in [0.05, 0.1) is 11.1 Å². The van der Waals surface area contributed by atoms with Crippen LogP contribution in [0.5, 0.6) is 0 Å². The summed E-state index contributed by atoms with van der Waals surface area (Å²) >= 11 is 0. The predicted octanol–water partition coefficient (Wildman–Crippen LogP) is 1.76. The topological polar surface area (TPSA) is 86.8 Å². The van der Waals surface area contributed by atoms with Crippen molar-refractivity contribution < 1.29 is 19.2 Å². The van der Waals surface area contributed by atoms with Crippen molar-refractivity contribution in [1.29, 1.82) is 0 Å². The molecule has 0 radical (unpaired) electrons. The lowest BCUT2D eigenvalue weighted by Gasteiger charge is -2.36. The fraction of sp³-hybridized carbons (Fsp3) is 0.304. The summed E-state index contributed by atoms with van der Waals surface area (Å²) in [7, 11) is 1.56. The molecule has 1 N–H and O–H groups in total. The van der Waals surface area contributed by atoms with Gasteiger partial charge in [0, 0.05) is 33.0 Å². The number of benzene rings is 2. The average Bonchev–Trinajstić information content (AvgIpc) is 3.02. The average molecular weight is 405 g/mol. The summed E-state index contributed by atoms with van der Waals surface area (Å²) in [6.07, 6.45) is 0.978. The van der Waals surface area contributed by atoms with Crippen molar-refractivity contribution in [2.75, 3.05) is 13.6 Å². The van der Waals surface area contributed by atoms with Crippen LogP contribution in [0.3, 0.4) is 0 Å². The molecule has 0 unspecified atom stereocenters. The van der Waals surface area contributed by atoms with E-state index in [1.165, 1.54) is 4.90 Å². The third kappa shape index (κ3) is 3.47. The number of fused-ring (bicyclic) bond motifs is 2. The summed E-state index contributed by atoms with van der Waals surface area (Å²) in [5.74, 6) is -0.996. The number of amides is 4. The molecule has 1 atom stereocenters. The Labute approximate surface area is 174 Å². The number of nitrogens with one attached hydrogen (secondary N) is 1. The van der Waals surface area contributed by atoms with Crippen LogP contribution in [-0.2, 0) is 22.6 Å². The van der Waals surface area contributed by atoms with Crippen molar-refractivity contribution in [3.8, 4) is 0 Å². The molecule has 0 saturated carbocycles. The highest BCUT2D eigenvalue weighted by Gasteiger charge is 2.36. The second kappa shape index (κ2) is 8.10. The zero-order valence-electron chi connectivity index (χ0n) is 16.8. The molecule has 2 heterocycles. The van der Waals surface area contributed by atoms with E-state index in [9.17, 15) is 19.2 Å². The minimum atomic E-state index is -0.559. The Balaban J connectivity index is 1.41. The van der Waals surface area contributed by atoms with Gasteiger partial charge in [-0.2, -0.15) is 0 Å². The highest BCUT2D eigenvalue weighted by molar-refractivity contribution is 6.21. The van der Waals surface area contributed by atoms with E-state index in [4.69, 9.17) is 0 Å². The van der Waals surface area contributed by atoms with Crippen molar-refractivity contribution >= 4 is 23.6 Å². The number of imide groups is 1. The number of nitrogens with zero attached hydrogens (tertiary/aromatic N) is 2. The summed E-state index contributed by atoms with van der Waals surface area (Å²) in [6, 6.07) is 14.0. The number of hydrogen-bond donors (Lipinski definition) is 1. The van der Waals surface area contributed by atoms with E-state index in [1.807, 2.05) is 24.3 Å². The molecule has 2 aliphatic heterocycles. The summed E-state index contributed by atoms with van der Waals surface area (Å²) in [6.45, 7) is 0.549. The zero-order valence-corrected chi connectivity index (χ0v) is 16.8. The molecule has 0 aliphatic carbocycles. The van der Waals surface area contributed by atoms with Crippen LogP contribution >= 0.6 is 0 Å². The Morgan fingerprint density at radius 2 is 1.57 bits per heavy atom. The Hall–Kier alpha value is -3.48. The number of hydrogen-bond acceptors (Lipinski definition) is 4. The Kier molecular flexibility index (Phi) is 5.35. The van der Waals surface area contributed by atoms with Crippen molar-refractivity contribution in [3.05, 3.63) is 70.8 Å². The summed E-state index contributed by atoms with van der Waals surface area (Å²) in [5.41, 5.74) is 2.91. The van der Waals surface area contributed by atoms with Gasteiger partial charge in [0.1, 0.15) is 6.04 Å². The summed E-state index contributed by atoms with van der Waals surface area (Å²) in [4.78, 5) is 53.0. The quantitative estimate of drug-likeness (QED) is 0.768. The molecule has 0 spiro atoms. The molecule has 7 heteroatoms. The van der Waals surface area contributed by atoms with Crippen LogP contribution in [0.25, 0.3) is 0 Å². The van der Waals surface area contributed by atoms with Crippen LogP contribution < -0.4 is 5.32 Å². The van der Waals surface area contributed by atoms with Crippen LogP contribution in [0.1, 0.15) is 44.7 Å². The van der Waals surface area contributed by atoms with E-state index >= 15 is 0 Å². The van der Waals surface area contributed by atoms with Crippen LogP contribution in [0.15, 0.2) is 48.5 Å². The lowest BCUT2D eigenvalue weighted by Crippen LogP contribution is -2.52. The first kappa shape index (κ1) is 19.8. The molecule has 4 rings (SSSR count). The third-order valence-electron chi connectivity index (χ3n) is 5.77. The van der Waals surface area contributed by atoms with Gasteiger partial charge < -0.3 is 10.2 Å². The van der Waals surface area contributed by atoms with Crippen molar-refractivity contribution in [3.63, 3.8) is 0 Å². The van der Waals surface area contributed by atoms with Gasteiger partial charge in [0.25, 0.3) is 11.8 Å². The van der Waals surface area contributed by atoms with Gasteiger partial charge in [-0.3, -0.25) is 24.1 Å². The van der Waals surface area contributed by atoms with Crippen LogP contribution in [0.2, 0.25) is 0 Å². The van der Waals surface area contributed by atoms with Crippen LogP contribution in [0.4, 0.5) is 0 Å². The first-order valence-corrected chi connectivity index (χ1v) is 10.0. The van der Waals surface area contributed by atoms with E-state index in [1.54, 1.807) is 36.2 Å². The SMILES string of the molecule is CNC(=O)[C@H]1Cc2ccccc2CN1C(=O)CCCN1C(=O)c2ccccc2C1=O. The normalized spacial score (nSPS) is 17.6. The Morgan fingerprint density at radius 1 is 0.967 bits per heavy atom. The smallest absolute Gasteiger partial charge is 0.261 e. The van der Waals surface area contributed by atoms with Gasteiger partial charge in [-0.05, 0) is 29.7 Å². The molecule has 0 saturated heterocycles. The molecular weight excluding hydrogens is 382 g/mol. The van der Waals surface area contributed by atoms with E-state index in [2.05, 4.69) is 5.32 Å². The fourth-order valence-electron chi connectivity index (χ4n) is 4.16. The highest BCUT2D eigenvalue weighted by atomic mass is 16.2. The van der Waals surface area contributed by atoms with Gasteiger partial charge >= 0.3 is 0 Å². The molecule has 7 nitrogen and oxygen atoms in total. The molecule has 154 valence electrons. The minimum absolute atomic E-state index is 0.156. The predicted molar refractivity (Wildman–Crippen MR) is 110 cm³/mol. The number of rotatable bonds is 5. The van der Waals surface area contributed by atoms with Crippen molar-refractivity contribution in [1.82, 2.24) is 15.1 Å². The first-order valence-electron chi connectivity index (χ1n) is 10.0. The largest absolute Gasteiger partial charge is 0.357 e. The summed E-state index contributed by atoms with van der Waals surface area (Å²) < 4.78 is 0. The van der Waals surface area contributed by atoms with E-state index in [-0.39, 0.29) is 36.6 Å². The summed E-state index contributed by atoms with van der Waals surface area (Å²) in [5, 5.41) is 2.64. The molecule has 30 heavy (non-hydrogen) atoms. The maximum absolute atomic E-state index is 13.0. The van der Waals surface area contributed by atoms with Crippen LogP contribution in [-0.4, -0.2) is 53.1 Å². The first-order chi connectivity index (χ1) is 14.5. The standard InChI is InChI=1S/C23H23N3O4/c1-24-21(28)19-13-15-7-2-3-8-16(15)14-26(19)20(27)11-6-12-25-22(29)17-9-4-5-10-18(17)23(25)30/h2-5,7-10,19H,6,11-14H2,1H3,(H,24,28)/t19-/m1/s1. The lowest BCUT2D eigenvalue weighted by molar-refractivity contribution is -0.141. The van der Waals surface area contributed by atoms with Crippen molar-refractivity contribution in [2.24, 2.45) is 0 Å². The maximum atomic E-state index is 13.0. The maximum Gasteiger partial charge on any atom is 0.261 e. The molecule has 0 fully saturated rings. The number of likely N-dealkylation sites (N-methyl/N-ethyl adjacent to an activating group) is 1. The van der Waals surface area contributed by atoms with Gasteiger partial charge in [-0.15, -0.1) is 0 Å². The molecule has 0 aromatic heterocycles. The number of carbonyl (C=O) groups excluding carboxylic acids is 4. The van der Waals surface area contributed by atoms with Gasteiger partial charge in [-0.1, -0.05) is 36.4 Å². The molecule has 0 bridgehead atoms. The third-order valence-corrected chi connectivity index (χ3v) is 5.77. The molecule has 4 amide bonds. The second-order valence-electron chi connectivity index (χ2n) is 7.54. The molecule has 2 aromatic rings. The van der Waals surface area contributed by atoms with E-state index in [0.717, 1.165) is 11.1 Å². The van der Waals surface area contributed by atoms with Gasteiger partial charge in [0.2, 0.25) is 11.8 Å². The lowest BCUT2D eigenvalue weighted by atomic mass is 9.93. The second-order valence-corrected chi connectivity index (χ2v) is 7.54. The van der Waals surface area contributed by atoms with Gasteiger partial charge in [0.15, 0.2) is 0 Å². The van der Waals surface area contributed by atoms with Crippen LogP contribution in [0, 0.1) is 0 Å². The molecule has 2 aliphatic rings. The molecular formula is C23H23N3O4. The zero-order chi connectivity index (χ0) is 21.3. The van der Waals surface area contributed by atoms with Crippen molar-refractivity contribution in [2.45, 2.75) is 31.8 Å². The van der Waals surface area contributed by atoms with Gasteiger partial charge in [-0.25, -0.2) is 0 Å². The minimum Gasteiger partial charge on any atom is -0.357 e. The Morgan fingerprint density at radius 3 is 2.20 bits per heavy atom.